The van der Waals surface area contributed by atoms with Crippen molar-refractivity contribution in [3.05, 3.63) is 36.2 Å². The van der Waals surface area contributed by atoms with E-state index in [1.54, 1.807) is 19.0 Å². The van der Waals surface area contributed by atoms with Crippen molar-refractivity contribution < 1.29 is 4.79 Å². The van der Waals surface area contributed by atoms with Crippen LogP contribution in [-0.4, -0.2) is 63.4 Å². The van der Waals surface area contributed by atoms with Crippen molar-refractivity contribution in [2.75, 3.05) is 32.9 Å². The Labute approximate surface area is 146 Å². The maximum atomic E-state index is 11.9. The van der Waals surface area contributed by atoms with E-state index < -0.39 is 0 Å². The normalized spacial score (nSPS) is 14.9. The number of benzene rings is 1. The summed E-state index contributed by atoms with van der Waals surface area (Å²) >= 11 is 1.44. The van der Waals surface area contributed by atoms with Gasteiger partial charge >= 0.3 is 0 Å². The van der Waals surface area contributed by atoms with Crippen LogP contribution in [0.1, 0.15) is 18.7 Å². The van der Waals surface area contributed by atoms with Gasteiger partial charge in [0.1, 0.15) is 0 Å². The van der Waals surface area contributed by atoms with Gasteiger partial charge in [0.05, 0.1) is 12.3 Å². The molecule has 2 aromatic rings. The van der Waals surface area contributed by atoms with Crippen molar-refractivity contribution in [3.8, 4) is 5.69 Å². The Bertz CT molecular complexity index is 680. The smallest absolute Gasteiger partial charge is 0.232 e. The number of thioether (sulfide) groups is 1. The lowest BCUT2D eigenvalue weighted by atomic mass is 10.3. The largest absolute Gasteiger partial charge is 0.348 e. The third-order valence-electron chi connectivity index (χ3n) is 4.10. The first kappa shape index (κ1) is 17.0. The zero-order chi connectivity index (χ0) is 16.9. The van der Waals surface area contributed by atoms with Gasteiger partial charge in [0.2, 0.25) is 5.91 Å². The second-order valence-electron chi connectivity index (χ2n) is 6.13. The molecule has 0 spiro atoms. The SMILES string of the molecule is CN(C)C(=O)CSc1nnc(CN2CCCC2)n1-c1ccccc1. The van der Waals surface area contributed by atoms with Crippen molar-refractivity contribution >= 4 is 17.7 Å². The van der Waals surface area contributed by atoms with Crippen molar-refractivity contribution in [2.45, 2.75) is 24.5 Å². The van der Waals surface area contributed by atoms with E-state index in [2.05, 4.69) is 31.8 Å². The first-order valence-corrected chi connectivity index (χ1v) is 9.19. The second kappa shape index (κ2) is 7.81. The molecule has 1 aromatic heterocycles. The summed E-state index contributed by atoms with van der Waals surface area (Å²) in [6.07, 6.45) is 2.50. The maximum absolute atomic E-state index is 11.9. The number of nitrogens with zero attached hydrogens (tertiary/aromatic N) is 5. The van der Waals surface area contributed by atoms with Gasteiger partial charge in [0.15, 0.2) is 11.0 Å². The number of para-hydroxylation sites is 1. The number of rotatable bonds is 6. The molecule has 3 rings (SSSR count). The second-order valence-corrected chi connectivity index (χ2v) is 7.07. The molecule has 1 saturated heterocycles. The molecule has 128 valence electrons. The molecule has 1 aromatic carbocycles. The summed E-state index contributed by atoms with van der Waals surface area (Å²) in [4.78, 5) is 15.9. The minimum atomic E-state index is 0.0729. The number of hydrogen-bond acceptors (Lipinski definition) is 5. The molecule has 0 aliphatic carbocycles. The van der Waals surface area contributed by atoms with E-state index in [1.807, 2.05) is 18.2 Å². The molecular weight excluding hydrogens is 322 g/mol. The van der Waals surface area contributed by atoms with Gasteiger partial charge in [0.25, 0.3) is 0 Å². The Morgan fingerprint density at radius 2 is 1.88 bits per heavy atom. The van der Waals surface area contributed by atoms with Crippen LogP contribution in [0.15, 0.2) is 35.5 Å². The predicted octanol–water partition coefficient (Wildman–Crippen LogP) is 2.04. The molecule has 1 amide bonds. The number of aromatic nitrogens is 3. The van der Waals surface area contributed by atoms with Crippen LogP contribution < -0.4 is 0 Å². The molecule has 1 fully saturated rings. The molecule has 0 atom stereocenters. The Morgan fingerprint density at radius 3 is 2.54 bits per heavy atom. The Kier molecular flexibility index (Phi) is 5.52. The van der Waals surface area contributed by atoms with Crippen molar-refractivity contribution in [1.82, 2.24) is 24.6 Å². The highest BCUT2D eigenvalue weighted by Crippen LogP contribution is 2.23. The highest BCUT2D eigenvalue weighted by molar-refractivity contribution is 7.99. The third kappa shape index (κ3) is 3.96. The van der Waals surface area contributed by atoms with Crippen LogP contribution in [0.25, 0.3) is 5.69 Å². The third-order valence-corrected chi connectivity index (χ3v) is 5.02. The molecule has 0 saturated carbocycles. The minimum Gasteiger partial charge on any atom is -0.348 e. The van der Waals surface area contributed by atoms with Gasteiger partial charge in [-0.1, -0.05) is 30.0 Å². The Balaban J connectivity index is 1.85. The van der Waals surface area contributed by atoms with Gasteiger partial charge < -0.3 is 4.90 Å². The van der Waals surface area contributed by atoms with Gasteiger partial charge in [-0.2, -0.15) is 0 Å². The lowest BCUT2D eigenvalue weighted by Gasteiger charge is -2.16. The van der Waals surface area contributed by atoms with E-state index in [0.717, 1.165) is 36.3 Å². The van der Waals surface area contributed by atoms with Crippen molar-refractivity contribution in [2.24, 2.45) is 0 Å². The van der Waals surface area contributed by atoms with Crippen LogP contribution in [0.3, 0.4) is 0 Å². The zero-order valence-corrected chi connectivity index (χ0v) is 15.0. The fraction of sp³-hybridized carbons (Fsp3) is 0.471. The van der Waals surface area contributed by atoms with E-state index in [4.69, 9.17) is 0 Å². The molecule has 2 heterocycles. The Hall–Kier alpha value is -1.86. The summed E-state index contributed by atoms with van der Waals surface area (Å²) in [5, 5.41) is 9.52. The maximum Gasteiger partial charge on any atom is 0.232 e. The molecule has 0 unspecified atom stereocenters. The van der Waals surface area contributed by atoms with Crippen molar-refractivity contribution in [3.63, 3.8) is 0 Å². The zero-order valence-electron chi connectivity index (χ0n) is 14.2. The number of carbonyl (C=O) groups is 1. The number of carbonyl (C=O) groups excluding carboxylic acids is 1. The van der Waals surface area contributed by atoms with E-state index in [1.165, 1.54) is 24.6 Å². The van der Waals surface area contributed by atoms with E-state index in [0.29, 0.717) is 5.75 Å². The molecule has 7 heteroatoms. The number of amides is 1. The summed E-state index contributed by atoms with van der Waals surface area (Å²) in [5.74, 6) is 1.37. The average Bonchev–Trinajstić information content (AvgIpc) is 3.23. The first-order valence-electron chi connectivity index (χ1n) is 8.20. The topological polar surface area (TPSA) is 54.3 Å². The van der Waals surface area contributed by atoms with Gasteiger partial charge in [0, 0.05) is 19.8 Å². The average molecular weight is 345 g/mol. The lowest BCUT2D eigenvalue weighted by Crippen LogP contribution is -2.23. The van der Waals surface area contributed by atoms with E-state index in [9.17, 15) is 4.79 Å². The van der Waals surface area contributed by atoms with Gasteiger partial charge in [-0.05, 0) is 38.1 Å². The van der Waals surface area contributed by atoms with Crippen LogP contribution in [-0.2, 0) is 11.3 Å². The quantitative estimate of drug-likeness (QED) is 0.750. The van der Waals surface area contributed by atoms with E-state index in [-0.39, 0.29) is 5.91 Å². The molecule has 6 nitrogen and oxygen atoms in total. The molecule has 0 bridgehead atoms. The standard InChI is InChI=1S/C17H23N5OS/c1-20(2)16(23)13-24-17-19-18-15(12-21-10-6-7-11-21)22(17)14-8-4-3-5-9-14/h3-5,8-9H,6-7,10-13H2,1-2H3. The summed E-state index contributed by atoms with van der Waals surface area (Å²) in [6, 6.07) is 10.1. The van der Waals surface area contributed by atoms with Crippen LogP contribution in [0.2, 0.25) is 0 Å². The predicted molar refractivity (Wildman–Crippen MR) is 95.3 cm³/mol. The van der Waals surface area contributed by atoms with Crippen LogP contribution in [0.5, 0.6) is 0 Å². The number of hydrogen-bond donors (Lipinski definition) is 0. The van der Waals surface area contributed by atoms with E-state index >= 15 is 0 Å². The molecule has 24 heavy (non-hydrogen) atoms. The van der Waals surface area contributed by atoms with Crippen LogP contribution in [0.4, 0.5) is 0 Å². The summed E-state index contributed by atoms with van der Waals surface area (Å²) < 4.78 is 2.08. The molecule has 1 aliphatic rings. The lowest BCUT2D eigenvalue weighted by molar-refractivity contribution is -0.125. The first-order chi connectivity index (χ1) is 11.6. The highest BCUT2D eigenvalue weighted by Gasteiger charge is 2.20. The van der Waals surface area contributed by atoms with Crippen LogP contribution >= 0.6 is 11.8 Å². The fourth-order valence-corrected chi connectivity index (χ4v) is 3.68. The molecule has 1 aliphatic heterocycles. The van der Waals surface area contributed by atoms with Gasteiger partial charge in [-0.25, -0.2) is 0 Å². The monoisotopic (exact) mass is 345 g/mol. The minimum absolute atomic E-state index is 0.0729. The van der Waals surface area contributed by atoms with Crippen molar-refractivity contribution in [1.29, 1.82) is 0 Å². The van der Waals surface area contributed by atoms with Crippen LogP contribution in [0, 0.1) is 0 Å². The molecular formula is C17H23N5OS. The fourth-order valence-electron chi connectivity index (χ4n) is 2.73. The van der Waals surface area contributed by atoms with Gasteiger partial charge in [-0.3, -0.25) is 14.3 Å². The summed E-state index contributed by atoms with van der Waals surface area (Å²) in [6.45, 7) is 3.02. The highest BCUT2D eigenvalue weighted by atomic mass is 32.2. The Morgan fingerprint density at radius 1 is 1.17 bits per heavy atom. The molecule has 0 N–H and O–H groups in total. The summed E-state index contributed by atoms with van der Waals surface area (Å²) in [5.41, 5.74) is 1.04. The number of likely N-dealkylation sites (tertiary alicyclic amines) is 1. The summed E-state index contributed by atoms with van der Waals surface area (Å²) in [7, 11) is 3.53. The van der Waals surface area contributed by atoms with Gasteiger partial charge in [-0.15, -0.1) is 10.2 Å². The molecule has 0 radical (unpaired) electrons.